The average molecular weight is 448 g/mol. The molecular formula is C24H21N3O4S. The minimum Gasteiger partial charge on any atom is -0.378 e. The molecule has 0 radical (unpaired) electrons. The number of nitrogens with zero attached hydrogens (tertiary/aromatic N) is 1. The Morgan fingerprint density at radius 2 is 1.81 bits per heavy atom. The normalized spacial score (nSPS) is 21.3. The number of non-ortho nitro benzene ring substituents is 1. The summed E-state index contributed by atoms with van der Waals surface area (Å²) in [4.78, 5) is 11.1. The summed E-state index contributed by atoms with van der Waals surface area (Å²) in [6.07, 6.45) is 5.01. The maximum Gasteiger partial charge on any atom is 0.269 e. The van der Waals surface area contributed by atoms with Gasteiger partial charge in [0.25, 0.3) is 15.7 Å². The molecule has 0 amide bonds. The number of nitro benzene ring substituents is 1. The molecule has 3 unspecified atom stereocenters. The smallest absolute Gasteiger partial charge is 0.269 e. The van der Waals surface area contributed by atoms with Crippen LogP contribution in [0, 0.1) is 16.0 Å². The van der Waals surface area contributed by atoms with Crippen LogP contribution in [0.1, 0.15) is 29.5 Å². The fourth-order valence-corrected chi connectivity index (χ4v) is 5.72. The SMILES string of the molecule is O=[N+]([O-])c1cccc(C2Nc3ccc(S(=O)(=O)Nc4ccccc4)cc3C3C=CCC32)c1. The number of sulfonamides is 1. The Kier molecular flexibility index (Phi) is 4.94. The maximum absolute atomic E-state index is 13.0. The minimum atomic E-state index is -3.73. The van der Waals surface area contributed by atoms with Crippen molar-refractivity contribution < 1.29 is 13.3 Å². The zero-order valence-corrected chi connectivity index (χ0v) is 17.8. The van der Waals surface area contributed by atoms with Gasteiger partial charge in [-0.3, -0.25) is 14.8 Å². The zero-order chi connectivity index (χ0) is 22.3. The molecule has 1 aliphatic heterocycles. The van der Waals surface area contributed by atoms with E-state index in [1.54, 1.807) is 54.6 Å². The molecule has 2 aliphatic rings. The second-order valence-corrected chi connectivity index (χ2v) is 9.73. The van der Waals surface area contributed by atoms with Crippen molar-refractivity contribution in [3.8, 4) is 0 Å². The number of para-hydroxylation sites is 1. The molecular weight excluding hydrogens is 426 g/mol. The highest BCUT2D eigenvalue weighted by Crippen LogP contribution is 2.50. The number of anilines is 2. The first-order chi connectivity index (χ1) is 15.4. The number of hydrogen-bond donors (Lipinski definition) is 2. The first-order valence-corrected chi connectivity index (χ1v) is 11.8. The number of benzene rings is 3. The van der Waals surface area contributed by atoms with Crippen LogP contribution in [0.25, 0.3) is 0 Å². The molecule has 0 aromatic heterocycles. The van der Waals surface area contributed by atoms with Crippen molar-refractivity contribution in [2.75, 3.05) is 10.0 Å². The molecule has 162 valence electrons. The van der Waals surface area contributed by atoms with Gasteiger partial charge in [-0.15, -0.1) is 0 Å². The molecule has 0 saturated carbocycles. The molecule has 32 heavy (non-hydrogen) atoms. The van der Waals surface area contributed by atoms with Crippen LogP contribution < -0.4 is 10.0 Å². The molecule has 3 atom stereocenters. The number of rotatable bonds is 5. The van der Waals surface area contributed by atoms with Crippen molar-refractivity contribution in [1.82, 2.24) is 0 Å². The molecule has 8 heteroatoms. The van der Waals surface area contributed by atoms with Crippen LogP contribution in [-0.4, -0.2) is 13.3 Å². The molecule has 0 spiro atoms. The first kappa shape index (κ1) is 20.3. The first-order valence-electron chi connectivity index (χ1n) is 10.3. The van der Waals surface area contributed by atoms with Gasteiger partial charge >= 0.3 is 0 Å². The molecule has 5 rings (SSSR count). The van der Waals surface area contributed by atoms with Crippen LogP contribution in [0.4, 0.5) is 17.1 Å². The Bertz CT molecular complexity index is 1320. The molecule has 2 N–H and O–H groups in total. The third-order valence-corrected chi connectivity index (χ3v) is 7.49. The lowest BCUT2D eigenvalue weighted by Gasteiger charge is -2.37. The summed E-state index contributed by atoms with van der Waals surface area (Å²) in [5.41, 5.74) is 3.18. The molecule has 3 aromatic rings. The predicted molar refractivity (Wildman–Crippen MR) is 123 cm³/mol. The van der Waals surface area contributed by atoms with Crippen molar-refractivity contribution in [2.24, 2.45) is 5.92 Å². The average Bonchev–Trinajstić information content (AvgIpc) is 3.29. The Morgan fingerprint density at radius 1 is 1.00 bits per heavy atom. The number of nitrogens with one attached hydrogen (secondary N) is 2. The van der Waals surface area contributed by atoms with E-state index in [4.69, 9.17) is 0 Å². The quantitative estimate of drug-likeness (QED) is 0.317. The van der Waals surface area contributed by atoms with E-state index < -0.39 is 10.0 Å². The third-order valence-electron chi connectivity index (χ3n) is 6.11. The standard InChI is InChI=1S/C24H21N3O4S/c28-27(29)18-9-4-6-16(14-18)24-21-11-5-10-20(21)22-15-19(12-13-23(22)25-24)32(30,31)26-17-7-2-1-3-8-17/h1-10,12-15,20-21,24-26H,11H2. The van der Waals surface area contributed by atoms with Gasteiger partial charge in [0.05, 0.1) is 15.9 Å². The second-order valence-electron chi connectivity index (χ2n) is 8.05. The lowest BCUT2D eigenvalue weighted by Crippen LogP contribution is -2.29. The lowest BCUT2D eigenvalue weighted by atomic mass is 9.77. The van der Waals surface area contributed by atoms with Crippen molar-refractivity contribution >= 4 is 27.1 Å². The molecule has 0 saturated heterocycles. The largest absolute Gasteiger partial charge is 0.378 e. The van der Waals surface area contributed by atoms with Crippen molar-refractivity contribution in [3.05, 3.63) is 106 Å². The lowest BCUT2D eigenvalue weighted by molar-refractivity contribution is -0.384. The van der Waals surface area contributed by atoms with Crippen LogP contribution in [0.3, 0.4) is 0 Å². The summed E-state index contributed by atoms with van der Waals surface area (Å²) < 4.78 is 28.5. The Labute approximate surface area is 186 Å². The molecule has 7 nitrogen and oxygen atoms in total. The van der Waals surface area contributed by atoms with Gasteiger partial charge in [0, 0.05) is 29.4 Å². The number of fused-ring (bicyclic) bond motifs is 3. The highest BCUT2D eigenvalue weighted by Gasteiger charge is 2.38. The number of hydrogen-bond acceptors (Lipinski definition) is 5. The summed E-state index contributed by atoms with van der Waals surface area (Å²) in [7, 11) is -3.73. The third kappa shape index (κ3) is 3.62. The summed E-state index contributed by atoms with van der Waals surface area (Å²) in [5.74, 6) is 0.173. The highest BCUT2D eigenvalue weighted by atomic mass is 32.2. The van der Waals surface area contributed by atoms with Crippen LogP contribution in [0.15, 0.2) is 89.8 Å². The Balaban J connectivity index is 1.50. The summed E-state index contributed by atoms with van der Waals surface area (Å²) in [5, 5.41) is 14.7. The van der Waals surface area contributed by atoms with Crippen molar-refractivity contribution in [1.29, 1.82) is 0 Å². The molecule has 3 aromatic carbocycles. The van der Waals surface area contributed by atoms with Crippen LogP contribution >= 0.6 is 0 Å². The number of allylic oxidation sites excluding steroid dienone is 2. The summed E-state index contributed by atoms with van der Waals surface area (Å²) in [6, 6.07) is 20.5. The van der Waals surface area contributed by atoms with Gasteiger partial charge in [-0.2, -0.15) is 0 Å². The van der Waals surface area contributed by atoms with E-state index in [-0.39, 0.29) is 33.4 Å². The topological polar surface area (TPSA) is 101 Å². The van der Waals surface area contributed by atoms with Gasteiger partial charge in [0.2, 0.25) is 0 Å². The monoisotopic (exact) mass is 447 g/mol. The van der Waals surface area contributed by atoms with E-state index >= 15 is 0 Å². The zero-order valence-electron chi connectivity index (χ0n) is 17.0. The minimum absolute atomic E-state index is 0.0300. The van der Waals surface area contributed by atoms with Gasteiger partial charge in [0.15, 0.2) is 0 Å². The van der Waals surface area contributed by atoms with E-state index in [0.29, 0.717) is 5.69 Å². The second kappa shape index (κ2) is 7.80. The Hall–Kier alpha value is -3.65. The fourth-order valence-electron chi connectivity index (χ4n) is 4.62. The predicted octanol–water partition coefficient (Wildman–Crippen LogP) is 5.22. The summed E-state index contributed by atoms with van der Waals surface area (Å²) in [6.45, 7) is 0. The van der Waals surface area contributed by atoms with Gasteiger partial charge in [-0.05, 0) is 53.8 Å². The van der Waals surface area contributed by atoms with Crippen LogP contribution in [-0.2, 0) is 10.0 Å². The molecule has 1 aliphatic carbocycles. The van der Waals surface area contributed by atoms with E-state index in [1.165, 1.54) is 6.07 Å². The summed E-state index contributed by atoms with van der Waals surface area (Å²) >= 11 is 0. The molecule has 1 heterocycles. The van der Waals surface area contributed by atoms with E-state index in [9.17, 15) is 18.5 Å². The molecule has 0 fully saturated rings. The molecule has 0 bridgehead atoms. The number of nitro groups is 1. The fraction of sp³-hybridized carbons (Fsp3) is 0.167. The van der Waals surface area contributed by atoms with Gasteiger partial charge < -0.3 is 5.32 Å². The van der Waals surface area contributed by atoms with Gasteiger partial charge in [-0.25, -0.2) is 8.42 Å². The van der Waals surface area contributed by atoms with E-state index in [0.717, 1.165) is 23.2 Å². The van der Waals surface area contributed by atoms with E-state index in [1.807, 2.05) is 12.1 Å². The van der Waals surface area contributed by atoms with Crippen molar-refractivity contribution in [2.45, 2.75) is 23.3 Å². The highest BCUT2D eigenvalue weighted by molar-refractivity contribution is 7.92. The van der Waals surface area contributed by atoms with Crippen LogP contribution in [0.5, 0.6) is 0 Å². The van der Waals surface area contributed by atoms with Crippen LogP contribution in [0.2, 0.25) is 0 Å². The van der Waals surface area contributed by atoms with Gasteiger partial charge in [-0.1, -0.05) is 42.5 Å². The Morgan fingerprint density at radius 3 is 2.59 bits per heavy atom. The van der Waals surface area contributed by atoms with Gasteiger partial charge in [0.1, 0.15) is 0 Å². The van der Waals surface area contributed by atoms with Crippen molar-refractivity contribution in [3.63, 3.8) is 0 Å². The van der Waals surface area contributed by atoms with E-state index in [2.05, 4.69) is 22.2 Å². The maximum atomic E-state index is 13.0.